The number of aromatic nitrogens is 2. The zero-order valence-corrected chi connectivity index (χ0v) is 10.7. The molecule has 1 aromatic rings. The summed E-state index contributed by atoms with van der Waals surface area (Å²) in [4.78, 5) is 18.1. The molecule has 1 aliphatic carbocycles. The molecule has 0 saturated heterocycles. The molecule has 0 aliphatic heterocycles. The highest BCUT2D eigenvalue weighted by atomic mass is 16.5. The highest BCUT2D eigenvalue weighted by Crippen LogP contribution is 2.35. The maximum atomic E-state index is 11.4. The molecule has 0 radical (unpaired) electrons. The maximum absolute atomic E-state index is 11.4. The van der Waals surface area contributed by atoms with Crippen LogP contribution in [0.15, 0.2) is 10.9 Å². The van der Waals surface area contributed by atoms with Gasteiger partial charge in [-0.3, -0.25) is 4.79 Å². The number of hydrogen-bond acceptors (Lipinski definition) is 4. The lowest BCUT2D eigenvalue weighted by molar-refractivity contribution is -0.000677. The highest BCUT2D eigenvalue weighted by Gasteiger charge is 2.27. The van der Waals surface area contributed by atoms with Gasteiger partial charge in [0.2, 0.25) is 5.88 Å². The van der Waals surface area contributed by atoms with E-state index in [2.05, 4.69) is 9.97 Å². The van der Waals surface area contributed by atoms with E-state index in [1.165, 1.54) is 19.3 Å². The number of rotatable bonds is 4. The van der Waals surface area contributed by atoms with E-state index in [1.54, 1.807) is 0 Å². The van der Waals surface area contributed by atoms with Crippen molar-refractivity contribution in [1.82, 2.24) is 9.97 Å². The Morgan fingerprint density at radius 2 is 2.22 bits per heavy atom. The Kier molecular flexibility index (Phi) is 4.36. The van der Waals surface area contributed by atoms with Crippen molar-refractivity contribution < 1.29 is 9.84 Å². The van der Waals surface area contributed by atoms with E-state index < -0.39 is 0 Å². The van der Waals surface area contributed by atoms with Gasteiger partial charge in [-0.2, -0.15) is 4.98 Å². The predicted molar refractivity (Wildman–Crippen MR) is 67.5 cm³/mol. The van der Waals surface area contributed by atoms with Gasteiger partial charge in [0, 0.05) is 6.61 Å². The summed E-state index contributed by atoms with van der Waals surface area (Å²) < 4.78 is 5.73. The molecular formula is C13H20N2O3. The van der Waals surface area contributed by atoms with Gasteiger partial charge in [-0.1, -0.05) is 19.3 Å². The summed E-state index contributed by atoms with van der Waals surface area (Å²) in [5.74, 6) is 0.590. The first-order valence-electron chi connectivity index (χ1n) is 6.62. The molecule has 1 saturated carbocycles. The molecule has 0 spiro atoms. The third-order valence-corrected chi connectivity index (χ3v) is 3.44. The van der Waals surface area contributed by atoms with Crippen molar-refractivity contribution in [2.24, 2.45) is 5.92 Å². The molecule has 1 unspecified atom stereocenters. The molecule has 1 atom stereocenters. The molecule has 1 fully saturated rings. The Balaban J connectivity index is 2.24. The fourth-order valence-electron chi connectivity index (χ4n) is 2.65. The van der Waals surface area contributed by atoms with Crippen molar-refractivity contribution in [1.29, 1.82) is 0 Å². The van der Waals surface area contributed by atoms with Gasteiger partial charge in [-0.25, -0.2) is 0 Å². The largest absolute Gasteiger partial charge is 0.493 e. The number of hydrogen-bond donors (Lipinski definition) is 2. The minimum Gasteiger partial charge on any atom is -0.493 e. The van der Waals surface area contributed by atoms with Crippen molar-refractivity contribution in [2.45, 2.75) is 45.1 Å². The fraction of sp³-hybridized carbons (Fsp3) is 0.692. The van der Waals surface area contributed by atoms with E-state index in [9.17, 15) is 9.90 Å². The minimum atomic E-state index is -0.335. The molecule has 5 heteroatoms. The summed E-state index contributed by atoms with van der Waals surface area (Å²) in [6.45, 7) is 2.50. The third kappa shape index (κ3) is 3.10. The Labute approximate surface area is 106 Å². The second-order valence-electron chi connectivity index (χ2n) is 4.76. The van der Waals surface area contributed by atoms with Crippen LogP contribution in [0.4, 0.5) is 0 Å². The van der Waals surface area contributed by atoms with E-state index >= 15 is 0 Å². The Morgan fingerprint density at radius 3 is 2.83 bits per heavy atom. The zero-order chi connectivity index (χ0) is 13.0. The molecule has 5 nitrogen and oxygen atoms in total. The summed E-state index contributed by atoms with van der Waals surface area (Å²) in [6.07, 6.45) is 5.61. The summed E-state index contributed by atoms with van der Waals surface area (Å²) >= 11 is 0. The lowest BCUT2D eigenvalue weighted by Gasteiger charge is -2.29. The third-order valence-electron chi connectivity index (χ3n) is 3.44. The highest BCUT2D eigenvalue weighted by molar-refractivity contribution is 5.08. The van der Waals surface area contributed by atoms with Gasteiger partial charge in [0.15, 0.2) is 0 Å². The van der Waals surface area contributed by atoms with Gasteiger partial charge in [0.1, 0.15) is 11.9 Å². The van der Waals surface area contributed by atoms with Gasteiger partial charge in [-0.05, 0) is 25.7 Å². The second kappa shape index (κ2) is 6.00. The van der Waals surface area contributed by atoms with Crippen molar-refractivity contribution in [3.8, 4) is 5.88 Å². The van der Waals surface area contributed by atoms with Gasteiger partial charge < -0.3 is 14.8 Å². The molecule has 0 amide bonds. The molecule has 2 rings (SSSR count). The quantitative estimate of drug-likeness (QED) is 0.860. The first kappa shape index (κ1) is 13.1. The van der Waals surface area contributed by atoms with Crippen molar-refractivity contribution >= 4 is 0 Å². The van der Waals surface area contributed by atoms with Gasteiger partial charge in [0.25, 0.3) is 5.56 Å². The minimum absolute atomic E-state index is 0.213. The molecule has 0 bridgehead atoms. The Bertz CT molecular complexity index is 438. The lowest BCUT2D eigenvalue weighted by Crippen LogP contribution is -2.23. The van der Waals surface area contributed by atoms with Gasteiger partial charge >= 0.3 is 0 Å². The van der Waals surface area contributed by atoms with Crippen LogP contribution in [0, 0.1) is 5.92 Å². The van der Waals surface area contributed by atoms with E-state index in [0.717, 1.165) is 18.9 Å². The normalized spacial score (nSPS) is 18.7. The van der Waals surface area contributed by atoms with Crippen molar-refractivity contribution in [3.63, 3.8) is 0 Å². The van der Waals surface area contributed by atoms with Crippen LogP contribution < -0.4 is 5.56 Å². The van der Waals surface area contributed by atoms with Crippen LogP contribution in [0.2, 0.25) is 0 Å². The van der Waals surface area contributed by atoms with Crippen LogP contribution >= 0.6 is 0 Å². The molecule has 100 valence electrons. The summed E-state index contributed by atoms with van der Waals surface area (Å²) in [6, 6.07) is 1.08. The number of nitrogens with zero attached hydrogens (tertiary/aromatic N) is 1. The zero-order valence-electron chi connectivity index (χ0n) is 10.7. The predicted octanol–water partition coefficient (Wildman–Crippen LogP) is 2.13. The molecule has 1 aliphatic rings. The maximum Gasteiger partial charge on any atom is 0.254 e. The summed E-state index contributed by atoms with van der Waals surface area (Å²) in [5.41, 5.74) is -0.335. The number of aromatic hydroxyl groups is 1. The molecule has 18 heavy (non-hydrogen) atoms. The molecule has 0 aromatic carbocycles. The van der Waals surface area contributed by atoms with Crippen molar-refractivity contribution in [2.75, 3.05) is 6.61 Å². The van der Waals surface area contributed by atoms with Crippen LogP contribution in [-0.2, 0) is 4.74 Å². The monoisotopic (exact) mass is 252 g/mol. The van der Waals surface area contributed by atoms with E-state index in [0.29, 0.717) is 18.3 Å². The molecule has 1 aromatic heterocycles. The SMILES string of the molecule is CCOC(c1nc(O)cc(=O)[nH]1)C1CCCCC1. The lowest BCUT2D eigenvalue weighted by atomic mass is 9.85. The van der Waals surface area contributed by atoms with Crippen LogP contribution in [0.3, 0.4) is 0 Å². The standard InChI is InChI=1S/C13H20N2O3/c1-2-18-12(9-6-4-3-5-7-9)13-14-10(16)8-11(17)15-13/h8-9,12H,2-7H2,1H3,(H2,14,15,16,17). The molecule has 1 heterocycles. The van der Waals surface area contributed by atoms with Gasteiger partial charge in [-0.15, -0.1) is 0 Å². The smallest absolute Gasteiger partial charge is 0.254 e. The number of aromatic amines is 1. The van der Waals surface area contributed by atoms with Crippen molar-refractivity contribution in [3.05, 3.63) is 22.2 Å². The van der Waals surface area contributed by atoms with Crippen LogP contribution in [-0.4, -0.2) is 21.7 Å². The average Bonchev–Trinajstić information content (AvgIpc) is 2.36. The Hall–Kier alpha value is -1.36. The van der Waals surface area contributed by atoms with Crippen LogP contribution in [0.1, 0.15) is 51.0 Å². The number of H-pyrrole nitrogens is 1. The molecular weight excluding hydrogens is 232 g/mol. The summed E-state index contributed by atoms with van der Waals surface area (Å²) in [5, 5.41) is 9.42. The number of ether oxygens (including phenoxy) is 1. The molecule has 2 N–H and O–H groups in total. The van der Waals surface area contributed by atoms with Crippen LogP contribution in [0.25, 0.3) is 0 Å². The van der Waals surface area contributed by atoms with E-state index in [1.807, 2.05) is 6.92 Å². The fourth-order valence-corrected chi connectivity index (χ4v) is 2.65. The Morgan fingerprint density at radius 1 is 1.50 bits per heavy atom. The van der Waals surface area contributed by atoms with Gasteiger partial charge in [0.05, 0.1) is 6.07 Å². The summed E-state index contributed by atoms with van der Waals surface area (Å²) in [7, 11) is 0. The van der Waals surface area contributed by atoms with E-state index in [4.69, 9.17) is 4.74 Å². The average molecular weight is 252 g/mol. The number of nitrogens with one attached hydrogen (secondary N) is 1. The second-order valence-corrected chi connectivity index (χ2v) is 4.76. The first-order valence-corrected chi connectivity index (χ1v) is 6.62. The van der Waals surface area contributed by atoms with E-state index in [-0.39, 0.29) is 17.5 Å². The topological polar surface area (TPSA) is 75.2 Å². The first-order chi connectivity index (χ1) is 8.70. The van der Waals surface area contributed by atoms with Crippen LogP contribution in [0.5, 0.6) is 5.88 Å².